The minimum absolute atomic E-state index is 0.0719. The van der Waals surface area contributed by atoms with Crippen molar-refractivity contribution in [1.82, 2.24) is 20.4 Å². The number of nitrogens with zero attached hydrogens (tertiary/aromatic N) is 4. The van der Waals surface area contributed by atoms with Gasteiger partial charge >= 0.3 is 0 Å². The van der Waals surface area contributed by atoms with Crippen LogP contribution < -0.4 is 10.2 Å². The molecule has 1 atom stereocenters. The van der Waals surface area contributed by atoms with Crippen LogP contribution in [-0.4, -0.2) is 49.9 Å². The van der Waals surface area contributed by atoms with Crippen LogP contribution >= 0.6 is 0 Å². The van der Waals surface area contributed by atoms with Gasteiger partial charge in [-0.3, -0.25) is 0 Å². The first kappa shape index (κ1) is 18.8. The summed E-state index contributed by atoms with van der Waals surface area (Å²) >= 11 is 0. The summed E-state index contributed by atoms with van der Waals surface area (Å²) in [5.41, 5.74) is 2.43. The van der Waals surface area contributed by atoms with Gasteiger partial charge in [-0.2, -0.15) is 0 Å². The molecule has 1 aliphatic heterocycles. The Hall–Kier alpha value is -2.00. The second kappa shape index (κ2) is 7.32. The molecular formula is C17H25N5O3S. The summed E-state index contributed by atoms with van der Waals surface area (Å²) in [6.45, 7) is 5.99. The van der Waals surface area contributed by atoms with Crippen molar-refractivity contribution in [3.63, 3.8) is 0 Å². The van der Waals surface area contributed by atoms with E-state index in [9.17, 15) is 8.42 Å². The molecule has 1 N–H and O–H groups in total. The van der Waals surface area contributed by atoms with Crippen LogP contribution in [0.25, 0.3) is 0 Å². The van der Waals surface area contributed by atoms with Gasteiger partial charge in [0.25, 0.3) is 0 Å². The number of piperidine rings is 1. The lowest BCUT2D eigenvalue weighted by molar-refractivity contribution is 0.392. The Morgan fingerprint density at radius 1 is 1.38 bits per heavy atom. The number of nitrogens with one attached hydrogen (secondary N) is 1. The molecule has 0 amide bonds. The highest BCUT2D eigenvalue weighted by atomic mass is 32.2. The standard InChI is InChI=1S/C17H25N5O3S/c1-11-14(12(2)25-21-11)10-22(3)17-19-9-15(26(4,23)24)16(20-17)13-6-5-7-18-8-13/h9,13,18H,5-8,10H2,1-4H3. The van der Waals surface area contributed by atoms with E-state index in [-0.39, 0.29) is 10.8 Å². The number of rotatable bonds is 5. The van der Waals surface area contributed by atoms with E-state index in [1.165, 1.54) is 12.5 Å². The van der Waals surface area contributed by atoms with E-state index < -0.39 is 9.84 Å². The van der Waals surface area contributed by atoms with Gasteiger partial charge in [0.1, 0.15) is 10.7 Å². The second-order valence-corrected chi connectivity index (χ2v) is 8.88. The molecule has 2 aromatic heterocycles. The quantitative estimate of drug-likeness (QED) is 0.836. The van der Waals surface area contributed by atoms with Crippen LogP contribution in [0.15, 0.2) is 15.6 Å². The normalized spacial score (nSPS) is 18.1. The van der Waals surface area contributed by atoms with Gasteiger partial charge in [0.05, 0.1) is 24.1 Å². The molecule has 0 aliphatic carbocycles. The molecule has 1 unspecified atom stereocenters. The first-order valence-corrected chi connectivity index (χ1v) is 10.6. The summed E-state index contributed by atoms with van der Waals surface area (Å²) in [7, 11) is -1.51. The Morgan fingerprint density at radius 2 is 2.15 bits per heavy atom. The summed E-state index contributed by atoms with van der Waals surface area (Å²) in [5, 5.41) is 7.29. The number of hydrogen-bond acceptors (Lipinski definition) is 8. The van der Waals surface area contributed by atoms with Gasteiger partial charge in [0.2, 0.25) is 5.95 Å². The van der Waals surface area contributed by atoms with E-state index in [0.29, 0.717) is 18.2 Å². The molecule has 0 radical (unpaired) electrons. The molecule has 3 rings (SSSR count). The Labute approximate surface area is 153 Å². The largest absolute Gasteiger partial charge is 0.361 e. The SMILES string of the molecule is Cc1noc(C)c1CN(C)c1ncc(S(C)(=O)=O)c(C2CCCNC2)n1. The molecule has 2 aromatic rings. The third-order valence-corrected chi connectivity index (χ3v) is 5.88. The molecular weight excluding hydrogens is 354 g/mol. The van der Waals surface area contributed by atoms with Crippen molar-refractivity contribution >= 4 is 15.8 Å². The van der Waals surface area contributed by atoms with Crippen molar-refractivity contribution in [2.24, 2.45) is 0 Å². The van der Waals surface area contributed by atoms with Gasteiger partial charge in [-0.1, -0.05) is 5.16 Å². The third-order valence-electron chi connectivity index (χ3n) is 4.77. The molecule has 0 bridgehead atoms. The van der Waals surface area contributed by atoms with Crippen molar-refractivity contribution in [2.75, 3.05) is 31.3 Å². The van der Waals surface area contributed by atoms with E-state index in [4.69, 9.17) is 4.52 Å². The van der Waals surface area contributed by atoms with Crippen LogP contribution in [0.4, 0.5) is 5.95 Å². The van der Waals surface area contributed by atoms with Gasteiger partial charge in [-0.25, -0.2) is 18.4 Å². The summed E-state index contributed by atoms with van der Waals surface area (Å²) in [5.74, 6) is 1.33. The molecule has 0 saturated carbocycles. The van der Waals surface area contributed by atoms with Gasteiger partial charge in [0.15, 0.2) is 9.84 Å². The summed E-state index contributed by atoms with van der Waals surface area (Å²) in [6, 6.07) is 0. The number of aromatic nitrogens is 3. The van der Waals surface area contributed by atoms with Gasteiger partial charge in [-0.05, 0) is 33.2 Å². The number of anilines is 1. The lowest BCUT2D eigenvalue weighted by Gasteiger charge is -2.25. The first-order chi connectivity index (χ1) is 12.3. The lowest BCUT2D eigenvalue weighted by atomic mass is 9.96. The van der Waals surface area contributed by atoms with Crippen molar-refractivity contribution < 1.29 is 12.9 Å². The molecule has 142 valence electrons. The number of aryl methyl sites for hydroxylation is 2. The topological polar surface area (TPSA) is 101 Å². The summed E-state index contributed by atoms with van der Waals surface area (Å²) in [6.07, 6.45) is 4.56. The fourth-order valence-corrected chi connectivity index (χ4v) is 4.09. The highest BCUT2D eigenvalue weighted by molar-refractivity contribution is 7.90. The van der Waals surface area contributed by atoms with Gasteiger partial charge in [-0.15, -0.1) is 0 Å². The molecule has 0 aromatic carbocycles. The smallest absolute Gasteiger partial charge is 0.225 e. The molecule has 9 heteroatoms. The Balaban J connectivity index is 1.95. The van der Waals surface area contributed by atoms with Crippen LogP contribution in [0.3, 0.4) is 0 Å². The van der Waals surface area contributed by atoms with Crippen molar-refractivity contribution in [3.8, 4) is 0 Å². The molecule has 8 nitrogen and oxygen atoms in total. The van der Waals surface area contributed by atoms with E-state index in [1.807, 2.05) is 25.8 Å². The summed E-state index contributed by atoms with van der Waals surface area (Å²) in [4.78, 5) is 11.1. The minimum atomic E-state index is -3.38. The predicted molar refractivity (Wildman–Crippen MR) is 98.1 cm³/mol. The number of hydrogen-bond donors (Lipinski definition) is 1. The maximum Gasteiger partial charge on any atom is 0.225 e. The monoisotopic (exact) mass is 379 g/mol. The second-order valence-electron chi connectivity index (χ2n) is 6.89. The van der Waals surface area contributed by atoms with E-state index in [0.717, 1.165) is 42.9 Å². The van der Waals surface area contributed by atoms with Crippen LogP contribution in [0.2, 0.25) is 0 Å². The predicted octanol–water partition coefficient (Wildman–Crippen LogP) is 1.59. The van der Waals surface area contributed by atoms with Gasteiger partial charge in [0, 0.05) is 31.3 Å². The van der Waals surface area contributed by atoms with E-state index in [1.54, 1.807) is 0 Å². The zero-order chi connectivity index (χ0) is 18.9. The average Bonchev–Trinajstić information content (AvgIpc) is 2.93. The molecule has 3 heterocycles. The molecule has 1 aliphatic rings. The van der Waals surface area contributed by atoms with Crippen LogP contribution in [0.5, 0.6) is 0 Å². The Morgan fingerprint density at radius 3 is 2.73 bits per heavy atom. The van der Waals surface area contributed by atoms with E-state index >= 15 is 0 Å². The molecule has 1 saturated heterocycles. The average molecular weight is 379 g/mol. The first-order valence-electron chi connectivity index (χ1n) is 8.68. The highest BCUT2D eigenvalue weighted by Crippen LogP contribution is 2.29. The van der Waals surface area contributed by atoms with Gasteiger partial charge < -0.3 is 14.7 Å². The van der Waals surface area contributed by atoms with Crippen LogP contribution in [-0.2, 0) is 16.4 Å². The fourth-order valence-electron chi connectivity index (χ4n) is 3.26. The summed E-state index contributed by atoms with van der Waals surface area (Å²) < 4.78 is 29.6. The lowest BCUT2D eigenvalue weighted by Crippen LogP contribution is -2.30. The van der Waals surface area contributed by atoms with Crippen LogP contribution in [0.1, 0.15) is 41.5 Å². The number of sulfone groups is 1. The van der Waals surface area contributed by atoms with Crippen molar-refractivity contribution in [1.29, 1.82) is 0 Å². The molecule has 1 fully saturated rings. The zero-order valence-electron chi connectivity index (χ0n) is 15.6. The van der Waals surface area contributed by atoms with E-state index in [2.05, 4.69) is 20.4 Å². The fraction of sp³-hybridized carbons (Fsp3) is 0.588. The third kappa shape index (κ3) is 3.88. The van der Waals surface area contributed by atoms with Crippen molar-refractivity contribution in [2.45, 2.75) is 44.0 Å². The Kier molecular flexibility index (Phi) is 5.29. The van der Waals surface area contributed by atoms with Crippen molar-refractivity contribution in [3.05, 3.63) is 28.9 Å². The molecule has 0 spiro atoms. The maximum absolute atomic E-state index is 12.2. The van der Waals surface area contributed by atoms with Crippen LogP contribution in [0, 0.1) is 13.8 Å². The highest BCUT2D eigenvalue weighted by Gasteiger charge is 2.26. The minimum Gasteiger partial charge on any atom is -0.361 e. The Bertz CT molecular complexity index is 868. The maximum atomic E-state index is 12.2. The zero-order valence-corrected chi connectivity index (χ0v) is 16.4. The molecule has 26 heavy (non-hydrogen) atoms.